The Labute approximate surface area is 87.9 Å². The highest BCUT2D eigenvalue weighted by Crippen LogP contribution is 2.27. The van der Waals surface area contributed by atoms with Gasteiger partial charge in [0.2, 0.25) is 0 Å². The van der Waals surface area contributed by atoms with Gasteiger partial charge in [-0.25, -0.2) is 0 Å². The Kier molecular flexibility index (Phi) is 4.33. The van der Waals surface area contributed by atoms with E-state index in [4.69, 9.17) is 9.16 Å². The number of ether oxygens (including phenoxy) is 1. The standard InChI is InChI=1S/C10H22O3Si/c1-8(13-14(5,6)7)10(2,3)9(11)12-4/h8H,1-7H3. The van der Waals surface area contributed by atoms with E-state index in [0.717, 1.165) is 0 Å². The number of carbonyl (C=O) groups is 1. The average Bonchev–Trinajstić information content (AvgIpc) is 1.99. The van der Waals surface area contributed by atoms with E-state index in [1.54, 1.807) is 0 Å². The van der Waals surface area contributed by atoms with Gasteiger partial charge in [-0.2, -0.15) is 0 Å². The number of esters is 1. The van der Waals surface area contributed by atoms with Crippen LogP contribution in [0.4, 0.5) is 0 Å². The summed E-state index contributed by atoms with van der Waals surface area (Å²) in [6, 6.07) is 0. The van der Waals surface area contributed by atoms with Crippen molar-refractivity contribution in [1.82, 2.24) is 0 Å². The number of carbonyl (C=O) groups excluding carboxylic acids is 1. The quantitative estimate of drug-likeness (QED) is 0.537. The second kappa shape index (κ2) is 4.44. The molecule has 0 heterocycles. The van der Waals surface area contributed by atoms with Crippen LogP contribution in [0.3, 0.4) is 0 Å². The fraction of sp³-hybridized carbons (Fsp3) is 0.900. The van der Waals surface area contributed by atoms with E-state index >= 15 is 0 Å². The molecule has 14 heavy (non-hydrogen) atoms. The Morgan fingerprint density at radius 3 is 2.00 bits per heavy atom. The molecule has 0 saturated heterocycles. The first-order valence-corrected chi connectivity index (χ1v) is 8.28. The molecule has 3 nitrogen and oxygen atoms in total. The van der Waals surface area contributed by atoms with Gasteiger partial charge in [0.05, 0.1) is 18.6 Å². The predicted octanol–water partition coefficient (Wildman–Crippen LogP) is 2.43. The number of hydrogen-bond acceptors (Lipinski definition) is 3. The monoisotopic (exact) mass is 218 g/mol. The van der Waals surface area contributed by atoms with Crippen LogP contribution in [0, 0.1) is 5.41 Å². The van der Waals surface area contributed by atoms with Gasteiger partial charge in [-0.3, -0.25) is 4.79 Å². The second-order valence-electron chi connectivity index (χ2n) is 5.09. The average molecular weight is 218 g/mol. The molecule has 0 N–H and O–H groups in total. The first-order chi connectivity index (χ1) is 6.11. The van der Waals surface area contributed by atoms with Crippen molar-refractivity contribution in [2.75, 3.05) is 7.11 Å². The van der Waals surface area contributed by atoms with E-state index in [-0.39, 0.29) is 12.1 Å². The van der Waals surface area contributed by atoms with Gasteiger partial charge in [0.25, 0.3) is 0 Å². The summed E-state index contributed by atoms with van der Waals surface area (Å²) in [6.45, 7) is 12.0. The molecule has 0 aliphatic rings. The zero-order chi connectivity index (χ0) is 11.6. The number of rotatable bonds is 4. The van der Waals surface area contributed by atoms with Gasteiger partial charge >= 0.3 is 5.97 Å². The van der Waals surface area contributed by atoms with Crippen LogP contribution in [0.2, 0.25) is 19.6 Å². The van der Waals surface area contributed by atoms with Crippen LogP contribution in [-0.4, -0.2) is 27.5 Å². The van der Waals surface area contributed by atoms with Gasteiger partial charge in [-0.1, -0.05) is 0 Å². The van der Waals surface area contributed by atoms with Crippen molar-refractivity contribution in [1.29, 1.82) is 0 Å². The Balaban J connectivity index is 4.51. The Morgan fingerprint density at radius 2 is 1.71 bits per heavy atom. The van der Waals surface area contributed by atoms with Gasteiger partial charge in [-0.15, -0.1) is 0 Å². The number of hydrogen-bond donors (Lipinski definition) is 0. The van der Waals surface area contributed by atoms with Gasteiger partial charge < -0.3 is 9.16 Å². The molecular weight excluding hydrogens is 196 g/mol. The van der Waals surface area contributed by atoms with E-state index in [1.165, 1.54) is 7.11 Å². The molecule has 0 spiro atoms. The fourth-order valence-corrected chi connectivity index (χ4v) is 2.46. The van der Waals surface area contributed by atoms with Crippen molar-refractivity contribution in [3.05, 3.63) is 0 Å². The Morgan fingerprint density at radius 1 is 1.29 bits per heavy atom. The van der Waals surface area contributed by atoms with E-state index < -0.39 is 13.7 Å². The lowest BCUT2D eigenvalue weighted by Crippen LogP contribution is -2.43. The summed E-state index contributed by atoms with van der Waals surface area (Å²) in [7, 11) is -0.188. The Hall–Kier alpha value is -0.353. The van der Waals surface area contributed by atoms with Gasteiger partial charge in [-0.05, 0) is 40.4 Å². The van der Waals surface area contributed by atoms with E-state index in [0.29, 0.717) is 0 Å². The topological polar surface area (TPSA) is 35.5 Å². The third kappa shape index (κ3) is 3.80. The van der Waals surface area contributed by atoms with Crippen LogP contribution in [0.15, 0.2) is 0 Å². The molecule has 0 fully saturated rings. The van der Waals surface area contributed by atoms with Gasteiger partial charge in [0.15, 0.2) is 8.32 Å². The lowest BCUT2D eigenvalue weighted by molar-refractivity contribution is -0.155. The smallest absolute Gasteiger partial charge is 0.313 e. The highest BCUT2D eigenvalue weighted by molar-refractivity contribution is 6.69. The molecule has 0 aliphatic carbocycles. The van der Waals surface area contributed by atoms with Crippen molar-refractivity contribution >= 4 is 14.3 Å². The van der Waals surface area contributed by atoms with E-state index in [2.05, 4.69) is 19.6 Å². The van der Waals surface area contributed by atoms with Crippen LogP contribution in [0.1, 0.15) is 20.8 Å². The molecule has 0 aromatic rings. The van der Waals surface area contributed by atoms with Crippen molar-refractivity contribution in [2.24, 2.45) is 5.41 Å². The SMILES string of the molecule is COC(=O)C(C)(C)C(C)O[Si](C)(C)C. The molecule has 1 atom stereocenters. The van der Waals surface area contributed by atoms with Crippen LogP contribution < -0.4 is 0 Å². The van der Waals surface area contributed by atoms with E-state index in [1.807, 2.05) is 20.8 Å². The zero-order valence-corrected chi connectivity index (χ0v) is 11.3. The van der Waals surface area contributed by atoms with Crippen molar-refractivity contribution in [3.63, 3.8) is 0 Å². The van der Waals surface area contributed by atoms with Crippen LogP contribution in [0.5, 0.6) is 0 Å². The minimum Gasteiger partial charge on any atom is -0.469 e. The third-order valence-corrected chi connectivity index (χ3v) is 3.32. The molecular formula is C10H22O3Si. The maximum atomic E-state index is 11.5. The highest BCUT2D eigenvalue weighted by Gasteiger charge is 2.37. The maximum absolute atomic E-state index is 11.5. The van der Waals surface area contributed by atoms with Crippen LogP contribution >= 0.6 is 0 Å². The first-order valence-electron chi connectivity index (χ1n) is 4.87. The fourth-order valence-electron chi connectivity index (χ4n) is 1.11. The third-order valence-electron chi connectivity index (χ3n) is 2.26. The first kappa shape index (κ1) is 13.6. The molecule has 0 amide bonds. The molecule has 0 bridgehead atoms. The molecule has 0 rings (SSSR count). The second-order valence-corrected chi connectivity index (χ2v) is 9.55. The Bertz CT molecular complexity index is 206. The molecule has 0 saturated carbocycles. The van der Waals surface area contributed by atoms with Crippen molar-refractivity contribution < 1.29 is 14.0 Å². The molecule has 0 aliphatic heterocycles. The summed E-state index contributed by atoms with van der Waals surface area (Å²) in [6.07, 6.45) is -0.110. The molecule has 0 aromatic carbocycles. The molecule has 4 heteroatoms. The molecule has 0 radical (unpaired) electrons. The van der Waals surface area contributed by atoms with Crippen LogP contribution in [-0.2, 0) is 14.0 Å². The van der Waals surface area contributed by atoms with Gasteiger partial charge in [0, 0.05) is 0 Å². The molecule has 0 aromatic heterocycles. The lowest BCUT2D eigenvalue weighted by atomic mass is 9.88. The van der Waals surface area contributed by atoms with Crippen LogP contribution in [0.25, 0.3) is 0 Å². The number of methoxy groups -OCH3 is 1. The van der Waals surface area contributed by atoms with Crippen molar-refractivity contribution in [3.8, 4) is 0 Å². The van der Waals surface area contributed by atoms with E-state index in [9.17, 15) is 4.79 Å². The lowest BCUT2D eigenvalue weighted by Gasteiger charge is -2.33. The largest absolute Gasteiger partial charge is 0.469 e. The minimum absolute atomic E-state index is 0.110. The van der Waals surface area contributed by atoms with Crippen molar-refractivity contribution in [2.45, 2.75) is 46.5 Å². The minimum atomic E-state index is -1.60. The summed E-state index contributed by atoms with van der Waals surface area (Å²) in [5.74, 6) is -0.219. The zero-order valence-electron chi connectivity index (χ0n) is 10.3. The predicted molar refractivity (Wildman–Crippen MR) is 59.7 cm³/mol. The highest BCUT2D eigenvalue weighted by atomic mass is 28.4. The summed E-state index contributed by atoms with van der Waals surface area (Å²) in [4.78, 5) is 11.5. The summed E-state index contributed by atoms with van der Waals surface area (Å²) in [5, 5.41) is 0. The normalized spacial score (nSPS) is 15.1. The summed E-state index contributed by atoms with van der Waals surface area (Å²) in [5.41, 5.74) is -0.574. The molecule has 84 valence electrons. The summed E-state index contributed by atoms with van der Waals surface area (Å²) >= 11 is 0. The molecule has 1 unspecified atom stereocenters. The summed E-state index contributed by atoms with van der Waals surface area (Å²) < 4.78 is 10.6. The maximum Gasteiger partial charge on any atom is 0.313 e. The van der Waals surface area contributed by atoms with Gasteiger partial charge in [0.1, 0.15) is 0 Å².